The maximum absolute atomic E-state index is 15.1. The molecule has 3 rings (SSSR count). The van der Waals surface area contributed by atoms with Gasteiger partial charge in [0.1, 0.15) is 24.7 Å². The van der Waals surface area contributed by atoms with Gasteiger partial charge in [0.25, 0.3) is 11.8 Å². The lowest BCUT2D eigenvalue weighted by molar-refractivity contribution is -0.160. The van der Waals surface area contributed by atoms with Gasteiger partial charge in [0.05, 0.1) is 12.0 Å². The molecule has 0 fully saturated rings. The van der Waals surface area contributed by atoms with E-state index in [0.717, 1.165) is 16.0 Å². The summed E-state index contributed by atoms with van der Waals surface area (Å²) in [6.07, 6.45) is 2.68. The van der Waals surface area contributed by atoms with Crippen molar-refractivity contribution in [1.29, 1.82) is 0 Å². The molecule has 3 aromatic rings. The molecule has 0 bridgehead atoms. The monoisotopic (exact) mass is 768 g/mol. The molecule has 4 unspecified atom stereocenters. The Bertz CT molecular complexity index is 1800. The fourth-order valence-electron chi connectivity index (χ4n) is 6.23. The number of nitrogens with zero attached hydrogens (tertiary/aromatic N) is 2. The molecular weight excluding hydrogens is 713 g/mol. The third-order valence-corrected chi connectivity index (χ3v) is 9.14. The number of benzene rings is 3. The SMILES string of the molecule is CC(N)C(=O)NC(C)C(=O)N(C(=O)C(/C=C/[C@@H](N)Cc1ccccc1)Cc1ccccc1)[C@@H](C(=O)N(C(=O)OCc1ccccc1)C(C(N)=O)C(C)C)C(C)C. The van der Waals surface area contributed by atoms with Crippen molar-refractivity contribution < 1.29 is 33.5 Å². The second-order valence-electron chi connectivity index (χ2n) is 14.6. The van der Waals surface area contributed by atoms with Crippen LogP contribution in [0.1, 0.15) is 58.2 Å². The number of nitrogens with one attached hydrogen (secondary N) is 1. The molecule has 7 N–H and O–H groups in total. The van der Waals surface area contributed by atoms with Crippen LogP contribution in [0.2, 0.25) is 0 Å². The average Bonchev–Trinajstić information content (AvgIpc) is 3.16. The maximum atomic E-state index is 15.1. The largest absolute Gasteiger partial charge is 0.444 e. The molecule has 0 saturated heterocycles. The number of hydrogen-bond acceptors (Lipinski definition) is 9. The molecule has 0 saturated carbocycles. The number of rotatable bonds is 18. The van der Waals surface area contributed by atoms with Crippen LogP contribution in [0.4, 0.5) is 4.79 Å². The lowest BCUT2D eigenvalue weighted by atomic mass is 9.92. The van der Waals surface area contributed by atoms with Crippen molar-refractivity contribution in [2.45, 2.75) is 91.2 Å². The Hall–Kier alpha value is -5.66. The molecule has 300 valence electrons. The van der Waals surface area contributed by atoms with Crippen LogP contribution < -0.4 is 22.5 Å². The molecule has 0 heterocycles. The first-order valence-corrected chi connectivity index (χ1v) is 18.8. The summed E-state index contributed by atoms with van der Waals surface area (Å²) < 4.78 is 5.56. The normalized spacial score (nSPS) is 14.6. The van der Waals surface area contributed by atoms with Crippen molar-refractivity contribution >= 4 is 35.6 Å². The molecule has 3 aromatic carbocycles. The molecule has 6 atom stereocenters. The highest BCUT2D eigenvalue weighted by Crippen LogP contribution is 2.25. The summed E-state index contributed by atoms with van der Waals surface area (Å²) in [6, 6.07) is 21.3. The lowest BCUT2D eigenvalue weighted by Gasteiger charge is -2.39. The zero-order chi connectivity index (χ0) is 41.5. The van der Waals surface area contributed by atoms with Crippen LogP contribution in [-0.4, -0.2) is 75.6 Å². The van der Waals surface area contributed by atoms with Crippen molar-refractivity contribution in [3.8, 4) is 0 Å². The first-order chi connectivity index (χ1) is 26.5. The van der Waals surface area contributed by atoms with Gasteiger partial charge < -0.3 is 27.3 Å². The zero-order valence-corrected chi connectivity index (χ0v) is 33.0. The molecule has 13 nitrogen and oxygen atoms in total. The quantitative estimate of drug-likeness (QED) is 0.138. The predicted molar refractivity (Wildman–Crippen MR) is 214 cm³/mol. The van der Waals surface area contributed by atoms with Gasteiger partial charge in [-0.2, -0.15) is 0 Å². The number of imide groups is 2. The van der Waals surface area contributed by atoms with Crippen LogP contribution in [-0.2, 0) is 48.2 Å². The van der Waals surface area contributed by atoms with E-state index in [-0.39, 0.29) is 13.0 Å². The lowest BCUT2D eigenvalue weighted by Crippen LogP contribution is -2.64. The fraction of sp³-hybridized carbons (Fsp3) is 0.395. The van der Waals surface area contributed by atoms with Gasteiger partial charge in [-0.25, -0.2) is 9.69 Å². The van der Waals surface area contributed by atoms with E-state index >= 15 is 4.79 Å². The maximum Gasteiger partial charge on any atom is 0.417 e. The van der Waals surface area contributed by atoms with E-state index in [1.807, 2.05) is 60.7 Å². The predicted octanol–water partition coefficient (Wildman–Crippen LogP) is 3.88. The zero-order valence-electron chi connectivity index (χ0n) is 33.0. The number of primary amides is 1. The fourth-order valence-corrected chi connectivity index (χ4v) is 6.23. The molecule has 0 spiro atoms. The van der Waals surface area contributed by atoms with Gasteiger partial charge in [-0.1, -0.05) is 131 Å². The van der Waals surface area contributed by atoms with Gasteiger partial charge in [0.15, 0.2) is 0 Å². The van der Waals surface area contributed by atoms with Crippen LogP contribution in [0.15, 0.2) is 103 Å². The van der Waals surface area contributed by atoms with Gasteiger partial charge in [-0.3, -0.25) is 28.9 Å². The van der Waals surface area contributed by atoms with Crippen LogP contribution in [0.25, 0.3) is 0 Å². The van der Waals surface area contributed by atoms with Crippen molar-refractivity contribution in [2.24, 2.45) is 35.0 Å². The summed E-state index contributed by atoms with van der Waals surface area (Å²) in [7, 11) is 0. The minimum atomic E-state index is -1.67. The highest BCUT2D eigenvalue weighted by Gasteiger charge is 2.47. The van der Waals surface area contributed by atoms with Crippen LogP contribution in [0.5, 0.6) is 0 Å². The van der Waals surface area contributed by atoms with E-state index < -0.39 is 83.6 Å². The van der Waals surface area contributed by atoms with Crippen molar-refractivity contribution in [1.82, 2.24) is 15.1 Å². The third-order valence-electron chi connectivity index (χ3n) is 9.14. The van der Waals surface area contributed by atoms with E-state index in [4.69, 9.17) is 21.9 Å². The standard InChI is InChI=1S/C43H56N6O7/c1-27(2)36(38(46)50)49(43(55)56-26-33-20-14-9-15-21-33)42(54)37(28(3)4)48(40(52)30(6)47-39(51)29(5)44)41(53)34(24-31-16-10-7-11-17-31)22-23-35(45)25-32-18-12-8-13-19-32/h7-23,27-30,34-37H,24-26,44-45H2,1-6H3,(H2,46,50)(H,47,51)/b23-22+/t29?,30?,34?,35-,36?,37-/m1/s1. The average molecular weight is 769 g/mol. The van der Waals surface area contributed by atoms with Gasteiger partial charge in [-0.15, -0.1) is 0 Å². The highest BCUT2D eigenvalue weighted by atomic mass is 16.6. The summed E-state index contributed by atoms with van der Waals surface area (Å²) in [5.41, 5.74) is 20.5. The smallest absolute Gasteiger partial charge is 0.417 e. The summed E-state index contributed by atoms with van der Waals surface area (Å²) >= 11 is 0. The highest BCUT2D eigenvalue weighted by molar-refractivity contribution is 6.07. The Morgan fingerprint density at radius 3 is 1.57 bits per heavy atom. The second-order valence-corrected chi connectivity index (χ2v) is 14.6. The van der Waals surface area contributed by atoms with Gasteiger partial charge in [0, 0.05) is 6.04 Å². The molecule has 6 amide bonds. The number of carbonyl (C=O) groups excluding carboxylic acids is 6. The third kappa shape index (κ3) is 12.7. The first-order valence-electron chi connectivity index (χ1n) is 18.8. The Labute approximate surface area is 329 Å². The molecule has 56 heavy (non-hydrogen) atoms. The molecule has 0 radical (unpaired) electrons. The second kappa shape index (κ2) is 21.4. The van der Waals surface area contributed by atoms with E-state index in [0.29, 0.717) is 16.9 Å². The Balaban J connectivity index is 2.19. The number of ether oxygens (including phenoxy) is 1. The molecule has 0 aliphatic heterocycles. The van der Waals surface area contributed by atoms with E-state index in [9.17, 15) is 24.0 Å². The van der Waals surface area contributed by atoms with E-state index in [1.165, 1.54) is 13.8 Å². The minimum absolute atomic E-state index is 0.107. The topological polar surface area (TPSA) is 208 Å². The van der Waals surface area contributed by atoms with Gasteiger partial charge in [0.2, 0.25) is 17.7 Å². The Morgan fingerprint density at radius 2 is 1.11 bits per heavy atom. The van der Waals surface area contributed by atoms with Crippen molar-refractivity contribution in [2.75, 3.05) is 0 Å². The number of nitrogens with two attached hydrogens (primary N) is 3. The van der Waals surface area contributed by atoms with Gasteiger partial charge in [-0.05, 0) is 55.2 Å². The summed E-state index contributed by atoms with van der Waals surface area (Å²) in [4.78, 5) is 85.7. The Kier molecular flexibility index (Phi) is 17.1. The summed E-state index contributed by atoms with van der Waals surface area (Å²) in [6.45, 7) is 8.96. The number of amides is 6. The van der Waals surface area contributed by atoms with Crippen molar-refractivity contribution in [3.63, 3.8) is 0 Å². The minimum Gasteiger partial charge on any atom is -0.444 e. The van der Waals surface area contributed by atoms with Crippen molar-refractivity contribution in [3.05, 3.63) is 120 Å². The van der Waals surface area contributed by atoms with Crippen LogP contribution in [0.3, 0.4) is 0 Å². The number of carbonyl (C=O) groups is 6. The number of hydrogen-bond donors (Lipinski definition) is 4. The van der Waals surface area contributed by atoms with E-state index in [2.05, 4.69) is 5.32 Å². The Morgan fingerprint density at radius 1 is 0.625 bits per heavy atom. The summed E-state index contributed by atoms with van der Waals surface area (Å²) in [5.74, 6) is -7.02. The molecule has 0 aliphatic carbocycles. The van der Waals surface area contributed by atoms with E-state index in [1.54, 1.807) is 70.2 Å². The molecule has 0 aromatic heterocycles. The molecule has 0 aliphatic rings. The first kappa shape index (κ1) is 44.7. The van der Waals surface area contributed by atoms with Gasteiger partial charge >= 0.3 is 6.09 Å². The summed E-state index contributed by atoms with van der Waals surface area (Å²) in [5, 5.41) is 2.53. The molecule has 13 heteroatoms. The molecular formula is C43H56N6O7. The van der Waals surface area contributed by atoms with Crippen LogP contribution >= 0.6 is 0 Å². The van der Waals surface area contributed by atoms with Crippen LogP contribution in [0, 0.1) is 17.8 Å².